The average Bonchev–Trinajstić information content (AvgIpc) is 3.32. The van der Waals surface area contributed by atoms with Crippen LogP contribution in [-0.4, -0.2) is 6.61 Å². The van der Waals surface area contributed by atoms with Crippen molar-refractivity contribution >= 4 is 5.69 Å². The molecule has 1 aliphatic rings. The van der Waals surface area contributed by atoms with E-state index in [9.17, 15) is 0 Å². The van der Waals surface area contributed by atoms with Crippen molar-refractivity contribution in [3.8, 4) is 5.75 Å². The van der Waals surface area contributed by atoms with E-state index in [1.54, 1.807) is 0 Å². The fourth-order valence-electron chi connectivity index (χ4n) is 2.61. The topological polar surface area (TPSA) is 21.3 Å². The van der Waals surface area contributed by atoms with Crippen molar-refractivity contribution in [2.45, 2.75) is 39.2 Å². The second kappa shape index (κ2) is 6.21. The van der Waals surface area contributed by atoms with Gasteiger partial charge < -0.3 is 10.1 Å². The highest BCUT2D eigenvalue weighted by Gasteiger charge is 2.22. The van der Waals surface area contributed by atoms with Gasteiger partial charge >= 0.3 is 0 Å². The molecule has 2 nitrogen and oxygen atoms in total. The highest BCUT2D eigenvalue weighted by Crippen LogP contribution is 2.39. The number of aryl methyl sites for hydroxylation is 1. The molecule has 2 aromatic carbocycles. The fourth-order valence-corrected chi connectivity index (χ4v) is 2.61. The largest absolute Gasteiger partial charge is 0.494 e. The summed E-state index contributed by atoms with van der Waals surface area (Å²) in [4.78, 5) is 0. The molecule has 0 radical (unpaired) electrons. The minimum atomic E-state index is 0.708. The second-order valence-electron chi connectivity index (χ2n) is 5.78. The standard InChI is InChI=1S/C19H23NO/c1-3-21-18-10-11-19(14(2)12-18)20-13-15-4-6-16(7-5-15)17-8-9-17/h4-7,10-12,17,20H,3,8-9,13H2,1-2H3. The Bertz CT molecular complexity index is 599. The van der Waals surface area contributed by atoms with Crippen LogP contribution in [0.15, 0.2) is 42.5 Å². The Morgan fingerprint density at radius 1 is 1.10 bits per heavy atom. The molecule has 0 unspecified atom stereocenters. The normalized spacial score (nSPS) is 14.0. The van der Waals surface area contributed by atoms with Crippen molar-refractivity contribution in [1.82, 2.24) is 0 Å². The number of hydrogen-bond donors (Lipinski definition) is 1. The summed E-state index contributed by atoms with van der Waals surface area (Å²) in [6, 6.07) is 15.2. The molecule has 0 aliphatic heterocycles. The van der Waals surface area contributed by atoms with Crippen molar-refractivity contribution in [1.29, 1.82) is 0 Å². The first-order valence-corrected chi connectivity index (χ1v) is 7.82. The molecule has 3 rings (SSSR count). The van der Waals surface area contributed by atoms with Gasteiger partial charge in [-0.25, -0.2) is 0 Å². The number of anilines is 1. The Kier molecular flexibility index (Phi) is 4.14. The number of nitrogens with one attached hydrogen (secondary N) is 1. The van der Waals surface area contributed by atoms with Crippen LogP contribution in [0, 0.1) is 6.92 Å². The first-order valence-electron chi connectivity index (χ1n) is 7.82. The summed E-state index contributed by atoms with van der Waals surface area (Å²) in [5.74, 6) is 1.77. The highest BCUT2D eigenvalue weighted by molar-refractivity contribution is 5.53. The van der Waals surface area contributed by atoms with Gasteiger partial charge in [-0.05, 0) is 67.5 Å². The molecule has 0 amide bonds. The molecule has 0 spiro atoms. The lowest BCUT2D eigenvalue weighted by molar-refractivity contribution is 0.340. The molecule has 2 heteroatoms. The summed E-state index contributed by atoms with van der Waals surface area (Å²) >= 11 is 0. The smallest absolute Gasteiger partial charge is 0.119 e. The molecular formula is C19H23NO. The Morgan fingerprint density at radius 2 is 1.86 bits per heavy atom. The van der Waals surface area contributed by atoms with E-state index in [-0.39, 0.29) is 0 Å². The minimum Gasteiger partial charge on any atom is -0.494 e. The summed E-state index contributed by atoms with van der Waals surface area (Å²) in [5.41, 5.74) is 5.21. The van der Waals surface area contributed by atoms with Crippen LogP contribution in [0.5, 0.6) is 5.75 Å². The maximum Gasteiger partial charge on any atom is 0.119 e. The van der Waals surface area contributed by atoms with Crippen LogP contribution in [0.4, 0.5) is 5.69 Å². The van der Waals surface area contributed by atoms with Gasteiger partial charge in [-0.1, -0.05) is 24.3 Å². The van der Waals surface area contributed by atoms with Gasteiger partial charge in [-0.15, -0.1) is 0 Å². The van der Waals surface area contributed by atoms with Crippen LogP contribution in [0.3, 0.4) is 0 Å². The summed E-state index contributed by atoms with van der Waals surface area (Å²) in [6.45, 7) is 5.69. The maximum atomic E-state index is 5.52. The SMILES string of the molecule is CCOc1ccc(NCc2ccc(C3CC3)cc2)c(C)c1. The van der Waals surface area contributed by atoms with Gasteiger partial charge in [0.15, 0.2) is 0 Å². The molecule has 1 N–H and O–H groups in total. The zero-order valence-electron chi connectivity index (χ0n) is 12.9. The predicted octanol–water partition coefficient (Wildman–Crippen LogP) is 4.88. The summed E-state index contributed by atoms with van der Waals surface area (Å²) in [5, 5.41) is 3.51. The van der Waals surface area contributed by atoms with Gasteiger partial charge in [0.05, 0.1) is 6.61 Å². The van der Waals surface area contributed by atoms with Gasteiger partial charge in [0.2, 0.25) is 0 Å². The molecule has 21 heavy (non-hydrogen) atoms. The van der Waals surface area contributed by atoms with E-state index in [0.717, 1.165) is 18.2 Å². The third kappa shape index (κ3) is 3.57. The van der Waals surface area contributed by atoms with Gasteiger partial charge in [0, 0.05) is 12.2 Å². The van der Waals surface area contributed by atoms with Crippen LogP contribution < -0.4 is 10.1 Å². The van der Waals surface area contributed by atoms with Gasteiger partial charge in [-0.2, -0.15) is 0 Å². The summed E-state index contributed by atoms with van der Waals surface area (Å²) in [6.07, 6.45) is 2.73. The lowest BCUT2D eigenvalue weighted by Crippen LogP contribution is -2.01. The minimum absolute atomic E-state index is 0.708. The van der Waals surface area contributed by atoms with E-state index in [0.29, 0.717) is 6.61 Å². The third-order valence-corrected chi connectivity index (χ3v) is 4.02. The quantitative estimate of drug-likeness (QED) is 0.814. The Labute approximate surface area is 127 Å². The number of hydrogen-bond acceptors (Lipinski definition) is 2. The maximum absolute atomic E-state index is 5.52. The van der Waals surface area contributed by atoms with Crippen LogP contribution in [-0.2, 0) is 6.54 Å². The molecule has 2 aromatic rings. The first kappa shape index (κ1) is 14.0. The summed E-state index contributed by atoms with van der Waals surface area (Å²) in [7, 11) is 0. The van der Waals surface area contributed by atoms with E-state index in [4.69, 9.17) is 4.74 Å². The Balaban J connectivity index is 1.61. The molecule has 1 saturated carbocycles. The van der Waals surface area contributed by atoms with E-state index in [1.807, 2.05) is 13.0 Å². The lowest BCUT2D eigenvalue weighted by atomic mass is 10.1. The van der Waals surface area contributed by atoms with Crippen molar-refractivity contribution in [2.75, 3.05) is 11.9 Å². The zero-order valence-corrected chi connectivity index (χ0v) is 12.9. The van der Waals surface area contributed by atoms with Crippen LogP contribution >= 0.6 is 0 Å². The second-order valence-corrected chi connectivity index (χ2v) is 5.78. The molecule has 110 valence electrons. The molecule has 1 aliphatic carbocycles. The number of rotatable bonds is 6. The van der Waals surface area contributed by atoms with Gasteiger partial charge in [0.25, 0.3) is 0 Å². The molecule has 0 bridgehead atoms. The van der Waals surface area contributed by atoms with E-state index in [2.05, 4.69) is 48.6 Å². The highest BCUT2D eigenvalue weighted by atomic mass is 16.5. The van der Waals surface area contributed by atoms with Crippen molar-refractivity contribution < 1.29 is 4.74 Å². The predicted molar refractivity (Wildman–Crippen MR) is 88.1 cm³/mol. The molecule has 1 fully saturated rings. The molecule has 0 heterocycles. The third-order valence-electron chi connectivity index (χ3n) is 4.02. The zero-order chi connectivity index (χ0) is 14.7. The van der Waals surface area contributed by atoms with Crippen LogP contribution in [0.1, 0.15) is 42.4 Å². The molecule has 0 atom stereocenters. The molecule has 0 saturated heterocycles. The van der Waals surface area contributed by atoms with Crippen molar-refractivity contribution in [3.05, 3.63) is 59.2 Å². The number of ether oxygens (including phenoxy) is 1. The van der Waals surface area contributed by atoms with Crippen LogP contribution in [0.25, 0.3) is 0 Å². The van der Waals surface area contributed by atoms with Gasteiger partial charge in [0.1, 0.15) is 5.75 Å². The first-order chi connectivity index (χ1) is 10.3. The van der Waals surface area contributed by atoms with E-state index >= 15 is 0 Å². The lowest BCUT2D eigenvalue weighted by Gasteiger charge is -2.12. The Hall–Kier alpha value is -1.96. The number of benzene rings is 2. The summed E-state index contributed by atoms with van der Waals surface area (Å²) < 4.78 is 5.52. The average molecular weight is 281 g/mol. The van der Waals surface area contributed by atoms with Crippen LogP contribution in [0.2, 0.25) is 0 Å². The molecular weight excluding hydrogens is 258 g/mol. The molecule has 0 aromatic heterocycles. The van der Waals surface area contributed by atoms with Gasteiger partial charge in [-0.3, -0.25) is 0 Å². The van der Waals surface area contributed by atoms with Crippen molar-refractivity contribution in [3.63, 3.8) is 0 Å². The van der Waals surface area contributed by atoms with Crippen molar-refractivity contribution in [2.24, 2.45) is 0 Å². The van der Waals surface area contributed by atoms with E-state index in [1.165, 1.54) is 35.2 Å². The van der Waals surface area contributed by atoms with E-state index < -0.39 is 0 Å². The monoisotopic (exact) mass is 281 g/mol. The Morgan fingerprint density at radius 3 is 2.48 bits per heavy atom. The fraction of sp³-hybridized carbons (Fsp3) is 0.368.